The lowest BCUT2D eigenvalue weighted by Crippen LogP contribution is -2.45. The van der Waals surface area contributed by atoms with E-state index in [-0.39, 0.29) is 0 Å². The van der Waals surface area contributed by atoms with Crippen LogP contribution in [0.3, 0.4) is 0 Å². The van der Waals surface area contributed by atoms with Crippen LogP contribution >= 0.6 is 0 Å². The summed E-state index contributed by atoms with van der Waals surface area (Å²) in [6.45, 7) is 10.1. The molecule has 2 rings (SSSR count). The smallest absolute Gasteiger partial charge is 0.0622 e. The van der Waals surface area contributed by atoms with E-state index < -0.39 is 0 Å². The maximum Gasteiger partial charge on any atom is 0.0622 e. The average molecular weight is 226 g/mol. The summed E-state index contributed by atoms with van der Waals surface area (Å²) in [6.07, 6.45) is 4.00. The molecule has 0 spiro atoms. The summed E-state index contributed by atoms with van der Waals surface area (Å²) in [5.74, 6) is 0.844. The van der Waals surface area contributed by atoms with Crippen molar-refractivity contribution < 1.29 is 4.74 Å². The largest absolute Gasteiger partial charge is 0.380 e. The zero-order valence-corrected chi connectivity index (χ0v) is 10.7. The van der Waals surface area contributed by atoms with Gasteiger partial charge >= 0.3 is 0 Å². The molecule has 2 atom stereocenters. The van der Waals surface area contributed by atoms with Gasteiger partial charge in [0, 0.05) is 25.2 Å². The summed E-state index contributed by atoms with van der Waals surface area (Å²) in [5, 5.41) is 3.57. The Morgan fingerprint density at radius 3 is 2.94 bits per heavy atom. The maximum absolute atomic E-state index is 5.49. The van der Waals surface area contributed by atoms with Crippen molar-refractivity contribution in [1.29, 1.82) is 0 Å². The van der Waals surface area contributed by atoms with Crippen LogP contribution in [0.1, 0.15) is 33.1 Å². The standard InChI is InChI=1S/C13H26N2O/c1-11(2)14-8-12-4-3-6-15(9-12)13-5-7-16-10-13/h11-14H,3-10H2,1-2H3. The Kier molecular flexibility index (Phi) is 4.62. The summed E-state index contributed by atoms with van der Waals surface area (Å²) in [7, 11) is 0. The Morgan fingerprint density at radius 2 is 2.25 bits per heavy atom. The van der Waals surface area contributed by atoms with Crippen LogP contribution in [-0.2, 0) is 4.74 Å². The molecule has 0 aliphatic carbocycles. The van der Waals surface area contributed by atoms with E-state index in [2.05, 4.69) is 24.1 Å². The van der Waals surface area contributed by atoms with Gasteiger partial charge in [0.1, 0.15) is 0 Å². The van der Waals surface area contributed by atoms with Crippen LogP contribution in [0, 0.1) is 5.92 Å². The van der Waals surface area contributed by atoms with E-state index in [1.165, 1.54) is 38.9 Å². The predicted molar refractivity (Wildman–Crippen MR) is 66.7 cm³/mol. The van der Waals surface area contributed by atoms with Crippen LogP contribution in [-0.4, -0.2) is 49.8 Å². The van der Waals surface area contributed by atoms with Crippen molar-refractivity contribution in [2.24, 2.45) is 5.92 Å². The first-order chi connectivity index (χ1) is 7.75. The number of hydrogen-bond donors (Lipinski definition) is 1. The molecule has 2 aliphatic heterocycles. The highest BCUT2D eigenvalue weighted by atomic mass is 16.5. The molecular weight excluding hydrogens is 200 g/mol. The van der Waals surface area contributed by atoms with E-state index in [4.69, 9.17) is 4.74 Å². The Hall–Kier alpha value is -0.120. The van der Waals surface area contributed by atoms with Gasteiger partial charge in [-0.3, -0.25) is 4.90 Å². The molecule has 2 saturated heterocycles. The first kappa shape index (κ1) is 12.3. The van der Waals surface area contributed by atoms with Crippen LogP contribution in [0.5, 0.6) is 0 Å². The zero-order chi connectivity index (χ0) is 11.4. The Balaban J connectivity index is 1.74. The molecule has 2 heterocycles. The highest BCUT2D eigenvalue weighted by molar-refractivity contribution is 4.82. The summed E-state index contributed by atoms with van der Waals surface area (Å²) in [5.41, 5.74) is 0. The van der Waals surface area contributed by atoms with E-state index in [0.717, 1.165) is 19.1 Å². The molecule has 0 aromatic rings. The molecule has 0 amide bonds. The molecule has 3 heteroatoms. The molecule has 2 fully saturated rings. The number of nitrogens with zero attached hydrogens (tertiary/aromatic N) is 1. The highest BCUT2D eigenvalue weighted by Gasteiger charge is 2.28. The number of rotatable bonds is 4. The molecule has 0 radical (unpaired) electrons. The number of nitrogens with one attached hydrogen (secondary N) is 1. The molecule has 16 heavy (non-hydrogen) atoms. The Bertz CT molecular complexity index is 202. The van der Waals surface area contributed by atoms with Gasteiger partial charge in [0.15, 0.2) is 0 Å². The summed E-state index contributed by atoms with van der Waals surface area (Å²) >= 11 is 0. The quantitative estimate of drug-likeness (QED) is 0.786. The third-order valence-corrected chi connectivity index (χ3v) is 3.79. The normalized spacial score (nSPS) is 32.4. The fourth-order valence-corrected chi connectivity index (χ4v) is 2.81. The van der Waals surface area contributed by atoms with E-state index in [9.17, 15) is 0 Å². The zero-order valence-electron chi connectivity index (χ0n) is 10.7. The lowest BCUT2D eigenvalue weighted by molar-refractivity contribution is 0.102. The van der Waals surface area contributed by atoms with Gasteiger partial charge in [0.25, 0.3) is 0 Å². The van der Waals surface area contributed by atoms with Crippen LogP contribution in [0.15, 0.2) is 0 Å². The monoisotopic (exact) mass is 226 g/mol. The second kappa shape index (κ2) is 5.99. The molecule has 0 aromatic carbocycles. The minimum absolute atomic E-state index is 0.616. The van der Waals surface area contributed by atoms with Crippen molar-refractivity contribution in [3.05, 3.63) is 0 Å². The van der Waals surface area contributed by atoms with Gasteiger partial charge in [-0.05, 0) is 38.3 Å². The fraction of sp³-hybridized carbons (Fsp3) is 1.00. The maximum atomic E-state index is 5.49. The SMILES string of the molecule is CC(C)NCC1CCCN(C2CCOC2)C1. The molecule has 94 valence electrons. The lowest BCUT2D eigenvalue weighted by atomic mass is 9.96. The highest BCUT2D eigenvalue weighted by Crippen LogP contribution is 2.21. The Labute approximate surface area is 99.5 Å². The average Bonchev–Trinajstić information content (AvgIpc) is 2.80. The first-order valence-corrected chi connectivity index (χ1v) is 6.81. The van der Waals surface area contributed by atoms with E-state index in [1.807, 2.05) is 0 Å². The second-order valence-corrected chi connectivity index (χ2v) is 5.58. The third-order valence-electron chi connectivity index (χ3n) is 3.79. The van der Waals surface area contributed by atoms with Crippen molar-refractivity contribution in [1.82, 2.24) is 10.2 Å². The minimum atomic E-state index is 0.616. The minimum Gasteiger partial charge on any atom is -0.380 e. The van der Waals surface area contributed by atoms with Crippen LogP contribution in [0.25, 0.3) is 0 Å². The van der Waals surface area contributed by atoms with Gasteiger partial charge < -0.3 is 10.1 Å². The number of ether oxygens (including phenoxy) is 1. The second-order valence-electron chi connectivity index (χ2n) is 5.58. The van der Waals surface area contributed by atoms with Crippen molar-refractivity contribution in [2.45, 2.75) is 45.2 Å². The van der Waals surface area contributed by atoms with Crippen molar-refractivity contribution in [3.8, 4) is 0 Å². The molecule has 0 bridgehead atoms. The lowest BCUT2D eigenvalue weighted by Gasteiger charge is -2.36. The van der Waals surface area contributed by atoms with E-state index >= 15 is 0 Å². The van der Waals surface area contributed by atoms with Crippen LogP contribution in [0.4, 0.5) is 0 Å². The van der Waals surface area contributed by atoms with Crippen LogP contribution < -0.4 is 5.32 Å². The molecule has 0 aromatic heterocycles. The number of hydrogen-bond acceptors (Lipinski definition) is 3. The molecule has 2 unspecified atom stereocenters. The Morgan fingerprint density at radius 1 is 1.38 bits per heavy atom. The van der Waals surface area contributed by atoms with Gasteiger partial charge in [0.05, 0.1) is 6.61 Å². The fourth-order valence-electron chi connectivity index (χ4n) is 2.81. The number of piperidine rings is 1. The first-order valence-electron chi connectivity index (χ1n) is 6.81. The van der Waals surface area contributed by atoms with Gasteiger partial charge in [-0.1, -0.05) is 13.8 Å². The van der Waals surface area contributed by atoms with Gasteiger partial charge in [-0.2, -0.15) is 0 Å². The van der Waals surface area contributed by atoms with E-state index in [1.54, 1.807) is 0 Å². The predicted octanol–water partition coefficient (Wildman–Crippen LogP) is 1.49. The third kappa shape index (κ3) is 3.44. The van der Waals surface area contributed by atoms with Crippen LogP contribution in [0.2, 0.25) is 0 Å². The number of likely N-dealkylation sites (tertiary alicyclic amines) is 1. The molecular formula is C13H26N2O. The van der Waals surface area contributed by atoms with Gasteiger partial charge in [0.2, 0.25) is 0 Å². The molecule has 0 saturated carbocycles. The summed E-state index contributed by atoms with van der Waals surface area (Å²) in [6, 6.07) is 1.33. The molecule has 1 N–H and O–H groups in total. The van der Waals surface area contributed by atoms with Crippen molar-refractivity contribution in [2.75, 3.05) is 32.8 Å². The van der Waals surface area contributed by atoms with Gasteiger partial charge in [-0.25, -0.2) is 0 Å². The van der Waals surface area contributed by atoms with Crippen molar-refractivity contribution in [3.63, 3.8) is 0 Å². The topological polar surface area (TPSA) is 24.5 Å². The summed E-state index contributed by atoms with van der Waals surface area (Å²) in [4.78, 5) is 2.66. The summed E-state index contributed by atoms with van der Waals surface area (Å²) < 4.78 is 5.49. The van der Waals surface area contributed by atoms with E-state index in [0.29, 0.717) is 12.1 Å². The molecule has 3 nitrogen and oxygen atoms in total. The molecule has 2 aliphatic rings. The van der Waals surface area contributed by atoms with Crippen molar-refractivity contribution >= 4 is 0 Å². The van der Waals surface area contributed by atoms with Gasteiger partial charge in [-0.15, -0.1) is 0 Å².